The molecular weight excluding hydrogens is 863 g/mol. The average Bonchev–Trinajstić information content (AvgIpc) is 4.05. The van der Waals surface area contributed by atoms with Crippen LogP contribution in [-0.2, 0) is 0 Å². The zero-order chi connectivity index (χ0) is 48.4. The molecule has 0 radical (unpaired) electrons. The molecule has 0 fully saturated rings. The lowest BCUT2D eigenvalue weighted by atomic mass is 9.92. The van der Waals surface area contributed by atoms with Crippen molar-refractivity contribution in [3.05, 3.63) is 142 Å². The van der Waals surface area contributed by atoms with Crippen molar-refractivity contribution < 1.29 is 8.66 Å². The first-order valence-corrected chi connectivity index (χ1v) is 27.3. The number of hydrogen-bond donors (Lipinski definition) is 0. The van der Waals surface area contributed by atoms with Crippen LogP contribution in [0.2, 0.25) is 0 Å². The summed E-state index contributed by atoms with van der Waals surface area (Å²) in [6, 6.07) is 38.3. The van der Waals surface area contributed by atoms with Gasteiger partial charge in [0.05, 0.1) is 0 Å². The smallest absolute Gasteiger partial charge is 0.171 e. The summed E-state index contributed by atoms with van der Waals surface area (Å²) in [7, 11) is 2.29. The van der Waals surface area contributed by atoms with Gasteiger partial charge in [-0.25, -0.2) is 0 Å². The number of hydrogen-bond acceptors (Lipinski definition) is 0. The molecule has 2 aliphatic carbocycles. The summed E-state index contributed by atoms with van der Waals surface area (Å²) >= 11 is 0. The maximum absolute atomic E-state index is 2.72. The largest absolute Gasteiger partial charge is 0.358 e. The highest BCUT2D eigenvalue weighted by Gasteiger charge is 2.46. The number of nitrogens with zero attached hydrogens (tertiary/aromatic N) is 4. The number of rotatable bonds is 12. The third-order valence-corrected chi connectivity index (χ3v) is 17.4. The Labute approximate surface area is 410 Å². The van der Waals surface area contributed by atoms with Crippen molar-refractivity contribution >= 4 is 27.8 Å². The van der Waals surface area contributed by atoms with E-state index in [0.717, 1.165) is 17.0 Å². The molecule has 0 amide bonds. The number of fused-ring (bicyclic) bond motifs is 6. The van der Waals surface area contributed by atoms with Gasteiger partial charge in [-0.15, -0.1) is 0 Å². The van der Waals surface area contributed by atoms with Crippen LogP contribution in [0, 0.1) is 0 Å². The molecule has 10 rings (SSSR count). The second-order valence-corrected chi connectivity index (χ2v) is 24.2. The highest BCUT2D eigenvalue weighted by molar-refractivity contribution is 7.18. The van der Waals surface area contributed by atoms with E-state index in [9.17, 15) is 0 Å². The summed E-state index contributed by atoms with van der Waals surface area (Å²) in [5.41, 5.74) is 27.5. The molecular formula is C62H72N4P2+2. The predicted molar refractivity (Wildman–Crippen MR) is 292 cm³/mol. The van der Waals surface area contributed by atoms with Gasteiger partial charge in [0.2, 0.25) is 0 Å². The fourth-order valence-electron chi connectivity index (χ4n) is 11.7. The quantitative estimate of drug-likeness (QED) is 0.116. The van der Waals surface area contributed by atoms with Crippen LogP contribution in [0.3, 0.4) is 0 Å². The Morgan fingerprint density at radius 1 is 0.309 bits per heavy atom. The average molecular weight is 935 g/mol. The molecule has 348 valence electrons. The van der Waals surface area contributed by atoms with Gasteiger partial charge in [0.15, 0.2) is 22.8 Å². The van der Waals surface area contributed by atoms with Crippen molar-refractivity contribution in [2.24, 2.45) is 0 Å². The number of benzene rings is 6. The summed E-state index contributed by atoms with van der Waals surface area (Å²) in [5, 5.41) is 2.79. The molecule has 0 atom stereocenters. The third-order valence-electron chi connectivity index (χ3n) is 15.1. The van der Waals surface area contributed by atoms with E-state index in [0.29, 0.717) is 47.3 Å². The van der Waals surface area contributed by atoms with Crippen molar-refractivity contribution in [2.45, 2.75) is 158 Å². The highest BCUT2D eigenvalue weighted by atomic mass is 31.1. The second kappa shape index (κ2) is 17.4. The van der Waals surface area contributed by atoms with Crippen molar-refractivity contribution in [3.8, 4) is 67.8 Å². The fourth-order valence-corrected chi connectivity index (χ4v) is 14.5. The first-order valence-electron chi connectivity index (χ1n) is 25.7. The van der Waals surface area contributed by atoms with E-state index >= 15 is 0 Å². The highest BCUT2D eigenvalue weighted by Crippen LogP contribution is 2.58. The molecule has 68 heavy (non-hydrogen) atoms. The van der Waals surface area contributed by atoms with Crippen LogP contribution in [0.1, 0.15) is 203 Å². The number of aromatic nitrogens is 4. The summed E-state index contributed by atoms with van der Waals surface area (Å²) in [5.74, 6) is 2.91. The molecule has 2 heterocycles. The normalized spacial score (nSPS) is 13.1. The van der Waals surface area contributed by atoms with Crippen LogP contribution in [0.15, 0.2) is 97.1 Å². The maximum atomic E-state index is 2.72. The Hall–Kier alpha value is -5.14. The van der Waals surface area contributed by atoms with Crippen LogP contribution in [-0.4, -0.2) is 8.66 Å². The summed E-state index contributed by atoms with van der Waals surface area (Å²) in [4.78, 5) is 0. The van der Waals surface area contributed by atoms with E-state index < -0.39 is 0 Å². The van der Waals surface area contributed by atoms with Crippen LogP contribution >= 0.6 is 17.0 Å². The van der Waals surface area contributed by atoms with E-state index in [4.69, 9.17) is 0 Å². The van der Waals surface area contributed by atoms with Crippen LogP contribution < -0.4 is 8.66 Å². The Kier molecular flexibility index (Phi) is 11.9. The van der Waals surface area contributed by atoms with Gasteiger partial charge in [0.25, 0.3) is 0 Å². The molecule has 6 aromatic carbocycles. The molecule has 0 saturated carbocycles. The van der Waals surface area contributed by atoms with Gasteiger partial charge in [0, 0.05) is 77.5 Å². The van der Waals surface area contributed by atoms with E-state index in [-0.39, 0.29) is 0 Å². The van der Waals surface area contributed by atoms with Gasteiger partial charge >= 0.3 is 17.0 Å². The minimum absolute atomic E-state index is 0.364. The standard InChI is InChI=1S/C62H72N4P2/c1-33(2)41-21-17-22-42(34(3)4)55(41)63-59-49-29-30-51-54-52(32-31-50(53(49)54)60(59)64(67-63)56-43(35(5)6)23-18-24-44(56)36(7)8)62-61(51)65(57-45(37(9)10)25-19-26-46(57)38(11)12)68-66(62)58-47(39(13)14)27-20-28-48(58)40(15)16/h17-40H,1-16H3/q+2. The van der Waals surface area contributed by atoms with Gasteiger partial charge in [-0.2, -0.15) is 17.3 Å². The molecule has 8 aromatic rings. The van der Waals surface area contributed by atoms with Crippen LogP contribution in [0.4, 0.5) is 0 Å². The molecule has 0 bridgehead atoms. The van der Waals surface area contributed by atoms with Gasteiger partial charge in [0.1, 0.15) is 22.7 Å². The second-order valence-electron chi connectivity index (χ2n) is 22.3. The Balaban J connectivity index is 1.37. The lowest BCUT2D eigenvalue weighted by molar-refractivity contribution is -0.506. The van der Waals surface area contributed by atoms with Crippen molar-refractivity contribution in [1.82, 2.24) is 8.66 Å². The molecule has 0 N–H and O–H groups in total. The zero-order valence-corrected chi connectivity index (χ0v) is 45.3. The van der Waals surface area contributed by atoms with E-state index in [1.165, 1.54) is 123 Å². The Morgan fingerprint density at radius 2 is 0.544 bits per heavy atom. The molecule has 6 heteroatoms. The molecule has 0 unspecified atom stereocenters. The van der Waals surface area contributed by atoms with E-state index in [1.807, 2.05) is 0 Å². The Bertz CT molecular complexity index is 2780. The first-order chi connectivity index (χ1) is 32.4. The van der Waals surface area contributed by atoms with Gasteiger partial charge < -0.3 is 0 Å². The fraction of sp³-hybridized carbons (Fsp3) is 0.387. The summed E-state index contributed by atoms with van der Waals surface area (Å²) < 4.78 is 10.9. The predicted octanol–water partition coefficient (Wildman–Crippen LogP) is 18.4. The Morgan fingerprint density at radius 3 is 0.794 bits per heavy atom. The van der Waals surface area contributed by atoms with E-state index in [2.05, 4.69) is 225 Å². The van der Waals surface area contributed by atoms with Gasteiger partial charge in [-0.1, -0.05) is 184 Å². The molecule has 0 saturated heterocycles. The van der Waals surface area contributed by atoms with Crippen LogP contribution in [0.25, 0.3) is 78.6 Å². The van der Waals surface area contributed by atoms with Crippen molar-refractivity contribution in [1.29, 1.82) is 0 Å². The summed E-state index contributed by atoms with van der Waals surface area (Å²) in [6.45, 7) is 37.9. The molecule has 0 spiro atoms. The van der Waals surface area contributed by atoms with Crippen LogP contribution in [0.5, 0.6) is 0 Å². The van der Waals surface area contributed by atoms with E-state index in [1.54, 1.807) is 0 Å². The minimum Gasteiger partial charge on any atom is -0.171 e. The topological polar surface area (TPSA) is 17.6 Å². The molecule has 4 nitrogen and oxygen atoms in total. The third kappa shape index (κ3) is 6.97. The van der Waals surface area contributed by atoms with Crippen molar-refractivity contribution in [3.63, 3.8) is 0 Å². The summed E-state index contributed by atoms with van der Waals surface area (Å²) in [6.07, 6.45) is 0. The molecule has 2 aromatic heterocycles. The lowest BCUT2D eigenvalue weighted by Crippen LogP contribution is -2.31. The zero-order valence-electron chi connectivity index (χ0n) is 43.5. The van der Waals surface area contributed by atoms with Gasteiger partial charge in [-0.3, -0.25) is 0 Å². The van der Waals surface area contributed by atoms with Crippen molar-refractivity contribution in [2.75, 3.05) is 0 Å². The maximum Gasteiger partial charge on any atom is 0.358 e. The first kappa shape index (κ1) is 46.6. The monoisotopic (exact) mass is 935 g/mol. The van der Waals surface area contributed by atoms with Gasteiger partial charge in [-0.05, 0) is 71.6 Å². The molecule has 0 aliphatic heterocycles. The number of para-hydroxylation sites is 4. The minimum atomic E-state index is 0.364. The lowest BCUT2D eigenvalue weighted by Gasteiger charge is -2.18. The molecule has 2 aliphatic rings. The SMILES string of the molecule is CC(C)c1cccc(C(C)C)c1-n1p[n+](-c2c(C(C)C)cccc2C(C)C)c2c1-c1ccc3c4c(ccc-2c14)-c1c-3[n+](-c2c(C(C)C)cccc2C(C)C)pn1-c1c(C(C)C)cccc1C(C)C.